The summed E-state index contributed by atoms with van der Waals surface area (Å²) in [4.78, 5) is 17.6. The topological polar surface area (TPSA) is 88.3 Å². The van der Waals surface area contributed by atoms with E-state index in [0.717, 1.165) is 36.5 Å². The Morgan fingerprint density at radius 3 is 2.53 bits per heavy atom. The molecule has 2 atom stereocenters. The van der Waals surface area contributed by atoms with Crippen molar-refractivity contribution in [3.05, 3.63) is 82.5 Å². The van der Waals surface area contributed by atoms with Gasteiger partial charge in [0.15, 0.2) is 11.0 Å². The van der Waals surface area contributed by atoms with Gasteiger partial charge in [-0.2, -0.15) is 4.39 Å². The number of carbonyl (C=O) groups excluding carboxylic acids is 1. The van der Waals surface area contributed by atoms with Crippen molar-refractivity contribution in [3.8, 4) is 0 Å². The number of pyridine rings is 1. The van der Waals surface area contributed by atoms with Gasteiger partial charge in [-0.25, -0.2) is 13.6 Å². The molecule has 1 aliphatic carbocycles. The van der Waals surface area contributed by atoms with Gasteiger partial charge in [0, 0.05) is 18.7 Å². The first kappa shape index (κ1) is 29.4. The van der Waals surface area contributed by atoms with E-state index < -0.39 is 22.8 Å². The zero-order valence-corrected chi connectivity index (χ0v) is 23.2. The lowest BCUT2D eigenvalue weighted by Gasteiger charge is -2.28. The normalized spacial score (nSPS) is 15.1. The van der Waals surface area contributed by atoms with E-state index in [0.29, 0.717) is 11.3 Å². The minimum absolute atomic E-state index is 0.0249. The van der Waals surface area contributed by atoms with E-state index in [-0.39, 0.29) is 29.2 Å². The van der Waals surface area contributed by atoms with Crippen LogP contribution in [0.1, 0.15) is 62.3 Å². The van der Waals surface area contributed by atoms with Gasteiger partial charge in [-0.3, -0.25) is 9.52 Å². The highest BCUT2D eigenvalue weighted by Crippen LogP contribution is 2.30. The number of carbonyl (C=O) groups is 1. The summed E-state index contributed by atoms with van der Waals surface area (Å²) in [6, 6.07) is 12.7. The van der Waals surface area contributed by atoms with E-state index in [4.69, 9.17) is 5.73 Å². The Kier molecular flexibility index (Phi) is 10.5. The molecule has 4 rings (SSSR count). The Bertz CT molecular complexity index is 1300. The van der Waals surface area contributed by atoms with Crippen LogP contribution in [0.15, 0.2) is 53.4 Å². The number of hydrogen-bond donors (Lipinski definition) is 2. The molecule has 0 saturated carbocycles. The van der Waals surface area contributed by atoms with E-state index in [2.05, 4.69) is 29.6 Å². The highest BCUT2D eigenvalue weighted by molar-refractivity contribution is 7.86. The Morgan fingerprint density at radius 2 is 1.87 bits per heavy atom. The van der Waals surface area contributed by atoms with Crippen LogP contribution in [-0.4, -0.2) is 21.1 Å². The maximum Gasteiger partial charge on any atom is 0.224 e. The summed E-state index contributed by atoms with van der Waals surface area (Å²) in [5.74, 6) is -1.70. The highest BCUT2D eigenvalue weighted by Gasteiger charge is 2.23. The largest absolute Gasteiger partial charge is 0.327 e. The molecule has 0 aliphatic heterocycles. The molecule has 0 spiro atoms. The molecule has 3 N–H and O–H groups in total. The number of benzene rings is 2. The maximum atomic E-state index is 15.1. The van der Waals surface area contributed by atoms with Crippen LogP contribution in [0.25, 0.3) is 0 Å². The lowest BCUT2D eigenvalue weighted by Crippen LogP contribution is -2.32. The monoisotopic (exact) mass is 542 g/mol. The van der Waals surface area contributed by atoms with Gasteiger partial charge in [0.1, 0.15) is 11.6 Å². The molecule has 1 heterocycles. The lowest BCUT2D eigenvalue weighted by molar-refractivity contribution is -0.116. The number of nitrogens with one attached hydrogen (secondary N) is 1. The van der Waals surface area contributed by atoms with Gasteiger partial charge in [0.25, 0.3) is 0 Å². The fourth-order valence-electron chi connectivity index (χ4n) is 4.27. The van der Waals surface area contributed by atoms with E-state index in [1.165, 1.54) is 54.5 Å². The second-order valence-corrected chi connectivity index (χ2v) is 10.6. The van der Waals surface area contributed by atoms with Gasteiger partial charge in [-0.1, -0.05) is 51.0 Å². The van der Waals surface area contributed by atoms with Gasteiger partial charge in [0.05, 0.1) is 11.4 Å². The molecule has 9 heteroatoms. The molecule has 1 amide bonds. The quantitative estimate of drug-likeness (QED) is 0.360. The van der Waals surface area contributed by atoms with Crippen LogP contribution in [0.2, 0.25) is 0 Å². The predicted octanol–water partition coefficient (Wildman–Crippen LogP) is 5.98. The number of anilines is 2. The molecular formula is C29H36F2N4O2S. The van der Waals surface area contributed by atoms with Crippen molar-refractivity contribution in [1.82, 2.24) is 4.98 Å². The third-order valence-electron chi connectivity index (χ3n) is 6.48. The summed E-state index contributed by atoms with van der Waals surface area (Å²) in [5.41, 5.74) is 10.5. The van der Waals surface area contributed by atoms with Gasteiger partial charge in [0.2, 0.25) is 11.9 Å². The van der Waals surface area contributed by atoms with Crippen LogP contribution in [0.3, 0.4) is 0 Å². The minimum Gasteiger partial charge on any atom is -0.327 e. The first-order valence-electron chi connectivity index (χ1n) is 12.9. The molecule has 204 valence electrons. The molecule has 38 heavy (non-hydrogen) atoms. The third kappa shape index (κ3) is 7.45. The number of unbranched alkanes of at least 4 members (excludes halogenated alkanes) is 1. The molecule has 1 aromatic heterocycles. The van der Waals surface area contributed by atoms with Crippen molar-refractivity contribution in [2.24, 2.45) is 5.73 Å². The van der Waals surface area contributed by atoms with E-state index in [9.17, 15) is 13.4 Å². The first-order chi connectivity index (χ1) is 18.1. The SMILES string of the molecule is CC(=O)N(Cc1cccc2c1CC(N)CC2)c1cc(F)c(S(=O)Nc2cccc(F)n2)cc1C.CCCC. The number of aryl methyl sites for hydroxylation is 2. The van der Waals surface area contributed by atoms with Crippen LogP contribution >= 0.6 is 0 Å². The molecule has 1 aliphatic rings. The number of nitrogens with two attached hydrogens (primary N) is 1. The fourth-order valence-corrected chi connectivity index (χ4v) is 5.20. The van der Waals surface area contributed by atoms with Crippen molar-refractivity contribution >= 4 is 28.4 Å². The summed E-state index contributed by atoms with van der Waals surface area (Å²) < 4.78 is 43.6. The average molecular weight is 543 g/mol. The van der Waals surface area contributed by atoms with Gasteiger partial charge in [-0.15, -0.1) is 0 Å². The maximum absolute atomic E-state index is 15.1. The van der Waals surface area contributed by atoms with Crippen molar-refractivity contribution in [2.75, 3.05) is 9.62 Å². The fraction of sp³-hybridized carbons (Fsp3) is 0.379. The Morgan fingerprint density at radius 1 is 1.16 bits per heavy atom. The number of fused-ring (bicyclic) bond motifs is 1. The van der Waals surface area contributed by atoms with Crippen LogP contribution in [0, 0.1) is 18.7 Å². The van der Waals surface area contributed by atoms with Gasteiger partial charge < -0.3 is 10.6 Å². The molecule has 0 bridgehead atoms. The Hall–Kier alpha value is -3.17. The zero-order valence-electron chi connectivity index (χ0n) is 22.4. The van der Waals surface area contributed by atoms with Crippen LogP contribution in [0.5, 0.6) is 0 Å². The zero-order chi connectivity index (χ0) is 27.8. The highest BCUT2D eigenvalue weighted by atomic mass is 32.2. The van der Waals surface area contributed by atoms with Crippen LogP contribution < -0.4 is 15.4 Å². The first-order valence-corrected chi connectivity index (χ1v) is 14.0. The number of aromatic nitrogens is 1. The van der Waals surface area contributed by atoms with Gasteiger partial charge in [-0.05, 0) is 72.7 Å². The molecule has 2 unspecified atom stereocenters. The van der Waals surface area contributed by atoms with Crippen molar-refractivity contribution < 1.29 is 17.8 Å². The molecule has 0 saturated heterocycles. The summed E-state index contributed by atoms with van der Waals surface area (Å²) >= 11 is 0. The number of halogens is 2. The Balaban J connectivity index is 0.000000934. The summed E-state index contributed by atoms with van der Waals surface area (Å²) in [7, 11) is -2.01. The molecule has 0 radical (unpaired) electrons. The predicted molar refractivity (Wildman–Crippen MR) is 149 cm³/mol. The van der Waals surface area contributed by atoms with E-state index in [1.54, 1.807) is 6.92 Å². The minimum atomic E-state index is -2.01. The van der Waals surface area contributed by atoms with Gasteiger partial charge >= 0.3 is 0 Å². The van der Waals surface area contributed by atoms with E-state index >= 15 is 4.39 Å². The Labute approximate surface area is 226 Å². The van der Waals surface area contributed by atoms with Crippen molar-refractivity contribution in [2.45, 2.75) is 77.3 Å². The molecule has 3 aromatic rings. The molecule has 6 nitrogen and oxygen atoms in total. The van der Waals surface area contributed by atoms with E-state index in [1.807, 2.05) is 12.1 Å². The lowest BCUT2D eigenvalue weighted by atomic mass is 9.85. The average Bonchev–Trinajstić information content (AvgIpc) is 2.88. The van der Waals surface area contributed by atoms with Crippen LogP contribution in [-0.2, 0) is 35.2 Å². The number of rotatable bonds is 7. The number of amides is 1. The molecule has 0 fully saturated rings. The summed E-state index contributed by atoms with van der Waals surface area (Å²) in [6.45, 7) is 7.79. The smallest absolute Gasteiger partial charge is 0.224 e. The molecule has 2 aromatic carbocycles. The van der Waals surface area contributed by atoms with Crippen LogP contribution in [0.4, 0.5) is 20.3 Å². The number of nitrogens with zero attached hydrogens (tertiary/aromatic N) is 2. The van der Waals surface area contributed by atoms with Crippen molar-refractivity contribution in [3.63, 3.8) is 0 Å². The third-order valence-corrected chi connectivity index (χ3v) is 7.59. The van der Waals surface area contributed by atoms with Crippen molar-refractivity contribution in [1.29, 1.82) is 0 Å². The molecular weight excluding hydrogens is 506 g/mol. The second-order valence-electron chi connectivity index (χ2n) is 9.45. The standard InChI is InChI=1S/C25H26F2N4O2S.C4H10/c1-15-11-23(34(33)30-25-8-4-7-24(27)29-25)21(26)13-22(15)31(16(2)32)14-18-6-3-5-17-9-10-19(28)12-20(17)18;1-3-4-2/h3-8,11,13,19H,9-10,12,14,28H2,1-2H3,(H,29,30);3-4H2,1-2H3. The summed E-state index contributed by atoms with van der Waals surface area (Å²) in [5, 5.41) is 0. The second kappa shape index (κ2) is 13.6. The summed E-state index contributed by atoms with van der Waals surface area (Å²) in [6.07, 6.45) is 5.20. The number of hydrogen-bond acceptors (Lipinski definition) is 4.